The van der Waals surface area contributed by atoms with Gasteiger partial charge in [-0.2, -0.15) is 0 Å². The zero-order valence-corrected chi connectivity index (χ0v) is 19.1. The van der Waals surface area contributed by atoms with E-state index in [1.54, 1.807) is 0 Å². The van der Waals surface area contributed by atoms with E-state index in [4.69, 9.17) is 15.2 Å². The first-order valence-electron chi connectivity index (χ1n) is 10.8. The third kappa shape index (κ3) is 4.78. The zero-order chi connectivity index (χ0) is 22.7. The Bertz CT molecular complexity index is 1210. The number of nitrogen functional groups attached to an aromatic ring is 1. The molecule has 32 heavy (non-hydrogen) atoms. The molecule has 0 aliphatic carbocycles. The maximum absolute atomic E-state index is 6.00. The van der Waals surface area contributed by atoms with Crippen LogP contribution < -0.4 is 15.2 Å². The minimum Gasteiger partial charge on any atom is -0.457 e. The number of anilines is 1. The summed E-state index contributed by atoms with van der Waals surface area (Å²) >= 11 is 0. The van der Waals surface area contributed by atoms with Crippen LogP contribution in [0.2, 0.25) is 0 Å². The van der Waals surface area contributed by atoms with Crippen LogP contribution in [0.4, 0.5) is 5.69 Å². The Morgan fingerprint density at radius 2 is 1.09 bits per heavy atom. The highest BCUT2D eigenvalue weighted by molar-refractivity contribution is 5.50. The van der Waals surface area contributed by atoms with Crippen molar-refractivity contribution < 1.29 is 9.47 Å². The molecule has 2 N–H and O–H groups in total. The van der Waals surface area contributed by atoms with Crippen molar-refractivity contribution in [2.24, 2.45) is 0 Å². The van der Waals surface area contributed by atoms with Gasteiger partial charge in [-0.25, -0.2) is 0 Å². The van der Waals surface area contributed by atoms with Crippen LogP contribution in [-0.2, 0) is 5.41 Å². The van der Waals surface area contributed by atoms with Gasteiger partial charge in [0.1, 0.15) is 23.0 Å². The zero-order valence-electron chi connectivity index (χ0n) is 19.1. The molecule has 0 saturated carbocycles. The fourth-order valence-corrected chi connectivity index (χ4v) is 3.71. The molecule has 3 heteroatoms. The van der Waals surface area contributed by atoms with Crippen molar-refractivity contribution in [3.8, 4) is 23.0 Å². The maximum atomic E-state index is 6.00. The third-order valence-corrected chi connectivity index (χ3v) is 5.85. The Morgan fingerprint density at radius 3 is 1.59 bits per heavy atom. The van der Waals surface area contributed by atoms with Crippen molar-refractivity contribution in [3.63, 3.8) is 0 Å². The maximum Gasteiger partial charge on any atom is 0.127 e. The summed E-state index contributed by atoms with van der Waals surface area (Å²) in [7, 11) is 0. The molecular formula is C29H29NO2. The van der Waals surface area contributed by atoms with E-state index in [9.17, 15) is 0 Å². The van der Waals surface area contributed by atoms with Crippen molar-refractivity contribution >= 4 is 5.69 Å². The molecule has 0 amide bonds. The first-order chi connectivity index (χ1) is 15.3. The molecule has 4 aromatic carbocycles. The first-order valence-corrected chi connectivity index (χ1v) is 10.8. The molecule has 4 aromatic rings. The number of ether oxygens (including phenoxy) is 2. The Kier molecular flexibility index (Phi) is 5.91. The van der Waals surface area contributed by atoms with Crippen molar-refractivity contribution in [1.82, 2.24) is 0 Å². The van der Waals surface area contributed by atoms with Crippen molar-refractivity contribution in [3.05, 3.63) is 113 Å². The van der Waals surface area contributed by atoms with Gasteiger partial charge in [0, 0.05) is 11.1 Å². The molecule has 0 spiro atoms. The van der Waals surface area contributed by atoms with Gasteiger partial charge in [0.2, 0.25) is 0 Å². The molecule has 0 aromatic heterocycles. The van der Waals surface area contributed by atoms with Crippen LogP contribution in [0.1, 0.15) is 36.1 Å². The summed E-state index contributed by atoms with van der Waals surface area (Å²) in [6.45, 7) is 8.49. The average Bonchev–Trinajstić information content (AvgIpc) is 2.77. The summed E-state index contributed by atoms with van der Waals surface area (Å²) in [5.41, 5.74) is 11.1. The summed E-state index contributed by atoms with van der Waals surface area (Å²) in [6.07, 6.45) is 0. The predicted octanol–water partition coefficient (Wildman–Crippen LogP) is 7.80. The molecule has 4 rings (SSSR count). The molecule has 162 valence electrons. The predicted molar refractivity (Wildman–Crippen MR) is 132 cm³/mol. The molecule has 0 radical (unpaired) electrons. The van der Waals surface area contributed by atoms with Gasteiger partial charge in [0.25, 0.3) is 0 Å². The lowest BCUT2D eigenvalue weighted by molar-refractivity contribution is 0.481. The largest absolute Gasteiger partial charge is 0.457 e. The highest BCUT2D eigenvalue weighted by Gasteiger charge is 2.23. The van der Waals surface area contributed by atoms with Gasteiger partial charge in [-0.1, -0.05) is 50.2 Å². The number of benzene rings is 4. The number of aryl methyl sites for hydroxylation is 2. The highest BCUT2D eigenvalue weighted by Crippen LogP contribution is 2.35. The van der Waals surface area contributed by atoms with Gasteiger partial charge in [0.05, 0.1) is 0 Å². The SMILES string of the molecule is Cc1cccc(Oc2ccc(C(C)(C)c3ccc(Oc4ccc(N)c(C)c4)cc3)cc2)c1. The van der Waals surface area contributed by atoms with Gasteiger partial charge in [-0.05, 0) is 90.7 Å². The van der Waals surface area contributed by atoms with Crippen LogP contribution in [0.5, 0.6) is 23.0 Å². The monoisotopic (exact) mass is 423 g/mol. The normalized spacial score (nSPS) is 11.2. The van der Waals surface area contributed by atoms with E-state index in [2.05, 4.69) is 51.1 Å². The summed E-state index contributed by atoms with van der Waals surface area (Å²) < 4.78 is 12.0. The van der Waals surface area contributed by atoms with E-state index in [0.29, 0.717) is 0 Å². The lowest BCUT2D eigenvalue weighted by Crippen LogP contribution is -2.18. The lowest BCUT2D eigenvalue weighted by atomic mass is 9.78. The van der Waals surface area contributed by atoms with E-state index >= 15 is 0 Å². The summed E-state index contributed by atoms with van der Waals surface area (Å²) in [4.78, 5) is 0. The average molecular weight is 424 g/mol. The standard InChI is InChI=1S/C29H29NO2/c1-20-6-5-7-26(18-20)31-24-12-8-22(9-13-24)29(3,4)23-10-14-25(15-11-23)32-27-16-17-28(30)21(2)19-27/h5-19H,30H2,1-4H3. The van der Waals surface area contributed by atoms with E-state index in [1.165, 1.54) is 16.7 Å². The van der Waals surface area contributed by atoms with Crippen molar-refractivity contribution in [1.29, 1.82) is 0 Å². The molecule has 3 nitrogen and oxygen atoms in total. The van der Waals surface area contributed by atoms with Crippen LogP contribution in [-0.4, -0.2) is 0 Å². The molecule has 0 saturated heterocycles. The van der Waals surface area contributed by atoms with E-state index in [-0.39, 0.29) is 5.41 Å². The number of rotatable bonds is 6. The molecule has 0 unspecified atom stereocenters. The Morgan fingerprint density at radius 1 is 0.594 bits per heavy atom. The highest BCUT2D eigenvalue weighted by atomic mass is 16.5. The molecule has 0 fully saturated rings. The fraction of sp³-hybridized carbons (Fsp3) is 0.172. The minimum absolute atomic E-state index is 0.155. The molecule has 0 atom stereocenters. The number of hydrogen-bond acceptors (Lipinski definition) is 3. The molecule has 0 aliphatic heterocycles. The van der Waals surface area contributed by atoms with Gasteiger partial charge in [-0.3, -0.25) is 0 Å². The fourth-order valence-electron chi connectivity index (χ4n) is 3.71. The Balaban J connectivity index is 1.48. The second kappa shape index (κ2) is 8.80. The molecule has 0 heterocycles. The summed E-state index contributed by atoms with van der Waals surface area (Å²) in [6, 6.07) is 30.4. The smallest absolute Gasteiger partial charge is 0.127 e. The van der Waals surface area contributed by atoms with E-state index in [1.807, 2.05) is 67.6 Å². The van der Waals surface area contributed by atoms with Crippen LogP contribution in [0.3, 0.4) is 0 Å². The Labute approximate surface area is 190 Å². The van der Waals surface area contributed by atoms with Crippen LogP contribution in [0, 0.1) is 13.8 Å². The number of hydrogen-bond donors (Lipinski definition) is 1. The summed E-state index contributed by atoms with van der Waals surface area (Å²) in [5, 5.41) is 0. The minimum atomic E-state index is -0.155. The van der Waals surface area contributed by atoms with Gasteiger partial charge < -0.3 is 15.2 Å². The second-order valence-electron chi connectivity index (χ2n) is 8.71. The topological polar surface area (TPSA) is 44.5 Å². The van der Waals surface area contributed by atoms with E-state index in [0.717, 1.165) is 34.2 Å². The van der Waals surface area contributed by atoms with Crippen LogP contribution in [0.15, 0.2) is 91.0 Å². The second-order valence-corrected chi connectivity index (χ2v) is 8.71. The molecular weight excluding hydrogens is 394 g/mol. The van der Waals surface area contributed by atoms with Gasteiger partial charge in [-0.15, -0.1) is 0 Å². The first kappa shape index (κ1) is 21.5. The lowest BCUT2D eigenvalue weighted by Gasteiger charge is -2.26. The van der Waals surface area contributed by atoms with Crippen LogP contribution in [0.25, 0.3) is 0 Å². The van der Waals surface area contributed by atoms with Crippen molar-refractivity contribution in [2.75, 3.05) is 5.73 Å². The summed E-state index contributed by atoms with van der Waals surface area (Å²) in [5.74, 6) is 3.27. The number of nitrogens with two attached hydrogens (primary N) is 1. The van der Waals surface area contributed by atoms with Crippen LogP contribution >= 0.6 is 0 Å². The molecule has 0 bridgehead atoms. The molecule has 0 aliphatic rings. The quantitative estimate of drug-likeness (QED) is 0.322. The van der Waals surface area contributed by atoms with Gasteiger partial charge in [0.15, 0.2) is 0 Å². The van der Waals surface area contributed by atoms with E-state index < -0.39 is 0 Å². The third-order valence-electron chi connectivity index (χ3n) is 5.85. The Hall–Kier alpha value is -3.72. The van der Waals surface area contributed by atoms with Gasteiger partial charge >= 0.3 is 0 Å². The van der Waals surface area contributed by atoms with Crippen molar-refractivity contribution in [2.45, 2.75) is 33.1 Å².